The molecule has 0 aromatic heterocycles. The number of ether oxygens (including phenoxy) is 1. The van der Waals surface area contributed by atoms with Crippen LogP contribution >= 0.6 is 0 Å². The van der Waals surface area contributed by atoms with Gasteiger partial charge in [0.15, 0.2) is 5.54 Å². The van der Waals surface area contributed by atoms with Crippen LogP contribution in [0, 0.1) is 10.1 Å². The molecule has 2 heterocycles. The van der Waals surface area contributed by atoms with Crippen molar-refractivity contribution < 1.29 is 24.0 Å². The highest BCUT2D eigenvalue weighted by molar-refractivity contribution is 6.34. The van der Waals surface area contributed by atoms with E-state index >= 15 is 0 Å². The molecule has 2 amide bonds. The minimum atomic E-state index is -1.82. The van der Waals surface area contributed by atoms with E-state index in [1.807, 2.05) is 0 Å². The van der Waals surface area contributed by atoms with Crippen molar-refractivity contribution in [1.29, 1.82) is 0 Å². The number of rotatable bonds is 4. The second-order valence-electron chi connectivity index (χ2n) is 6.33. The minimum absolute atomic E-state index is 0.143. The molecule has 1 saturated heterocycles. The molecule has 2 aromatic carbocycles. The monoisotopic (exact) mass is 394 g/mol. The Bertz CT molecular complexity index is 1100. The van der Waals surface area contributed by atoms with Gasteiger partial charge in [0.05, 0.1) is 23.3 Å². The van der Waals surface area contributed by atoms with Crippen LogP contribution in [-0.4, -0.2) is 29.8 Å². The highest BCUT2D eigenvalue weighted by Crippen LogP contribution is 2.45. The third-order valence-corrected chi connectivity index (χ3v) is 4.83. The van der Waals surface area contributed by atoms with Gasteiger partial charge in [0.25, 0.3) is 17.5 Å². The molecular formula is C19H14N4O6. The van der Waals surface area contributed by atoms with Crippen LogP contribution in [0.3, 0.4) is 0 Å². The van der Waals surface area contributed by atoms with E-state index in [2.05, 4.69) is 10.9 Å². The summed E-state index contributed by atoms with van der Waals surface area (Å²) in [5.74, 6) is -2.28. The summed E-state index contributed by atoms with van der Waals surface area (Å²) < 4.78 is 4.72. The fraction of sp³-hybridized carbons (Fsp3) is 0.105. The zero-order valence-corrected chi connectivity index (χ0v) is 15.0. The first-order chi connectivity index (χ1) is 13.9. The fourth-order valence-electron chi connectivity index (χ4n) is 3.53. The number of fused-ring (bicyclic) bond motifs is 1. The van der Waals surface area contributed by atoms with E-state index in [1.165, 1.54) is 24.3 Å². The molecular weight excluding hydrogens is 380 g/mol. The van der Waals surface area contributed by atoms with Crippen LogP contribution in [0.25, 0.3) is 0 Å². The van der Waals surface area contributed by atoms with Crippen LogP contribution in [0.4, 0.5) is 11.4 Å². The number of benzene rings is 2. The third kappa shape index (κ3) is 2.50. The Balaban J connectivity index is 1.98. The molecule has 10 heteroatoms. The zero-order valence-electron chi connectivity index (χ0n) is 15.0. The second-order valence-corrected chi connectivity index (χ2v) is 6.33. The molecule has 2 aliphatic rings. The SMILES string of the molecule is COC(=O)C1=C2C(=O)N(c3ccccc3)C(=O)C2(c2cccc([N+](=O)[O-])c2)NN1. The van der Waals surface area contributed by atoms with Crippen molar-refractivity contribution >= 4 is 29.2 Å². The van der Waals surface area contributed by atoms with Gasteiger partial charge in [-0.3, -0.25) is 19.7 Å². The number of nitro groups is 1. The van der Waals surface area contributed by atoms with Gasteiger partial charge < -0.3 is 10.2 Å². The largest absolute Gasteiger partial charge is 0.464 e. The summed E-state index contributed by atoms with van der Waals surface area (Å²) in [7, 11) is 1.14. The van der Waals surface area contributed by atoms with Gasteiger partial charge in [-0.15, -0.1) is 0 Å². The number of nitrogens with one attached hydrogen (secondary N) is 2. The quantitative estimate of drug-likeness (QED) is 0.338. The Hall–Kier alpha value is -4.05. The van der Waals surface area contributed by atoms with Crippen LogP contribution in [-0.2, 0) is 24.7 Å². The molecule has 1 fully saturated rings. The van der Waals surface area contributed by atoms with Gasteiger partial charge in [0, 0.05) is 12.1 Å². The number of imide groups is 1. The smallest absolute Gasteiger partial charge is 0.356 e. The number of esters is 1. The molecule has 0 radical (unpaired) electrons. The zero-order chi connectivity index (χ0) is 20.8. The number of carbonyl (C=O) groups excluding carboxylic acids is 3. The van der Waals surface area contributed by atoms with Crippen LogP contribution in [0.1, 0.15) is 5.56 Å². The number of nitro benzene ring substituents is 1. The van der Waals surface area contributed by atoms with Crippen LogP contribution in [0.2, 0.25) is 0 Å². The molecule has 0 bridgehead atoms. The lowest BCUT2D eigenvalue weighted by atomic mass is 9.84. The Kier molecular flexibility index (Phi) is 4.13. The molecule has 2 N–H and O–H groups in total. The van der Waals surface area contributed by atoms with E-state index in [1.54, 1.807) is 30.3 Å². The summed E-state index contributed by atoms with van der Waals surface area (Å²) in [4.78, 5) is 50.5. The number of carbonyl (C=O) groups is 3. The first-order valence-electron chi connectivity index (χ1n) is 8.47. The summed E-state index contributed by atoms with van der Waals surface area (Å²) in [5.41, 5.74) is 3.21. The van der Waals surface area contributed by atoms with Crippen molar-refractivity contribution in [2.45, 2.75) is 5.54 Å². The van der Waals surface area contributed by atoms with E-state index < -0.39 is 28.2 Å². The van der Waals surface area contributed by atoms with Crippen LogP contribution in [0.5, 0.6) is 0 Å². The van der Waals surface area contributed by atoms with E-state index in [-0.39, 0.29) is 22.5 Å². The van der Waals surface area contributed by atoms with E-state index in [0.29, 0.717) is 5.69 Å². The van der Waals surface area contributed by atoms with Crippen molar-refractivity contribution in [2.75, 3.05) is 12.0 Å². The lowest BCUT2D eigenvalue weighted by molar-refractivity contribution is -0.384. The van der Waals surface area contributed by atoms with Gasteiger partial charge in [0.2, 0.25) is 0 Å². The molecule has 0 saturated carbocycles. The maximum atomic E-state index is 13.5. The number of nitrogens with zero attached hydrogens (tertiary/aromatic N) is 2. The van der Waals surface area contributed by atoms with Gasteiger partial charge in [-0.1, -0.05) is 30.3 Å². The number of hydrogen-bond acceptors (Lipinski definition) is 8. The highest BCUT2D eigenvalue weighted by Gasteiger charge is 2.63. The minimum Gasteiger partial charge on any atom is -0.464 e. The standard InChI is InChI=1S/C19H14N4O6/c1-29-17(25)15-14-16(24)22(12-7-3-2-4-8-12)18(26)19(14,21-20-15)11-6-5-9-13(10-11)23(27)28/h2-10,20-21H,1H3. The Morgan fingerprint density at radius 3 is 2.52 bits per heavy atom. The summed E-state index contributed by atoms with van der Waals surface area (Å²) in [6, 6.07) is 13.5. The highest BCUT2D eigenvalue weighted by atomic mass is 16.6. The van der Waals surface area contributed by atoms with Gasteiger partial charge in [-0.25, -0.2) is 15.1 Å². The number of hydrazine groups is 1. The Labute approximate surface area is 163 Å². The summed E-state index contributed by atoms with van der Waals surface area (Å²) in [5, 5.41) is 11.2. The topological polar surface area (TPSA) is 131 Å². The summed E-state index contributed by atoms with van der Waals surface area (Å²) in [6.45, 7) is 0. The van der Waals surface area contributed by atoms with Gasteiger partial charge in [0.1, 0.15) is 5.70 Å². The molecule has 1 unspecified atom stereocenters. The predicted molar refractivity (Wildman–Crippen MR) is 99.0 cm³/mol. The lowest BCUT2D eigenvalue weighted by Gasteiger charge is -2.25. The van der Waals surface area contributed by atoms with E-state index in [9.17, 15) is 24.5 Å². The third-order valence-electron chi connectivity index (χ3n) is 4.83. The number of non-ortho nitro benzene ring substituents is 1. The molecule has 2 aliphatic heterocycles. The summed E-state index contributed by atoms with van der Waals surface area (Å²) in [6.07, 6.45) is 0. The average Bonchev–Trinajstić information content (AvgIpc) is 3.24. The first-order valence-corrected chi connectivity index (χ1v) is 8.47. The normalized spacial score (nSPS) is 20.5. The summed E-state index contributed by atoms with van der Waals surface area (Å²) >= 11 is 0. The van der Waals surface area contributed by atoms with Crippen molar-refractivity contribution in [1.82, 2.24) is 10.9 Å². The Morgan fingerprint density at radius 1 is 1.14 bits per heavy atom. The van der Waals surface area contributed by atoms with Gasteiger partial charge in [-0.05, 0) is 17.7 Å². The molecule has 10 nitrogen and oxygen atoms in total. The lowest BCUT2D eigenvalue weighted by Crippen LogP contribution is -2.51. The fourth-order valence-corrected chi connectivity index (χ4v) is 3.53. The van der Waals surface area contributed by atoms with Crippen LogP contribution in [0.15, 0.2) is 65.9 Å². The number of para-hydroxylation sites is 1. The molecule has 2 aromatic rings. The Morgan fingerprint density at radius 2 is 1.86 bits per heavy atom. The number of methoxy groups -OCH3 is 1. The number of hydrogen-bond donors (Lipinski definition) is 2. The number of anilines is 1. The molecule has 4 rings (SSSR count). The molecule has 0 aliphatic carbocycles. The van der Waals surface area contributed by atoms with Gasteiger partial charge >= 0.3 is 5.97 Å². The second kappa shape index (κ2) is 6.53. The maximum absolute atomic E-state index is 13.5. The van der Waals surface area contributed by atoms with Crippen molar-refractivity contribution in [3.63, 3.8) is 0 Å². The molecule has 1 atom stereocenters. The first kappa shape index (κ1) is 18.3. The molecule has 146 valence electrons. The maximum Gasteiger partial charge on any atom is 0.356 e. The van der Waals surface area contributed by atoms with E-state index in [0.717, 1.165) is 12.0 Å². The number of amides is 2. The van der Waals surface area contributed by atoms with Crippen LogP contribution < -0.4 is 15.8 Å². The van der Waals surface area contributed by atoms with E-state index in [4.69, 9.17) is 4.74 Å². The molecule has 29 heavy (non-hydrogen) atoms. The van der Waals surface area contributed by atoms with Gasteiger partial charge in [-0.2, -0.15) is 0 Å². The van der Waals surface area contributed by atoms with Crippen molar-refractivity contribution in [3.05, 3.63) is 81.5 Å². The van der Waals surface area contributed by atoms with Crippen molar-refractivity contribution in [2.24, 2.45) is 0 Å². The molecule has 0 spiro atoms. The average molecular weight is 394 g/mol. The predicted octanol–water partition coefficient (Wildman–Crippen LogP) is 0.898. The van der Waals surface area contributed by atoms with Crippen molar-refractivity contribution in [3.8, 4) is 0 Å².